The molecule has 0 amide bonds. The molecule has 11 heteroatoms. The van der Waals surface area contributed by atoms with E-state index in [2.05, 4.69) is 144 Å². The van der Waals surface area contributed by atoms with Crippen molar-refractivity contribution in [1.29, 1.82) is 0 Å². The van der Waals surface area contributed by atoms with Gasteiger partial charge in [-0.15, -0.1) is 0 Å². The molecule has 2 aliphatic heterocycles. The molecule has 300 valence electrons. The molecule has 0 saturated carbocycles. The Morgan fingerprint density at radius 2 is 1.54 bits per heavy atom. The minimum Gasteiger partial charge on any atom is -0.748 e. The first-order valence-electron chi connectivity index (χ1n) is 19.8. The van der Waals surface area contributed by atoms with E-state index < -0.39 is 10.1 Å². The van der Waals surface area contributed by atoms with E-state index in [-0.39, 0.29) is 16.6 Å². The van der Waals surface area contributed by atoms with Crippen LogP contribution in [-0.2, 0) is 30.3 Å². The molecule has 7 rings (SSSR count). The Bertz CT molecular complexity index is 2450. The zero-order chi connectivity index (χ0) is 40.4. The highest BCUT2D eigenvalue weighted by Gasteiger charge is 2.45. The number of hydrogen-bond acceptors (Lipinski definition) is 8. The van der Waals surface area contributed by atoms with Crippen molar-refractivity contribution >= 4 is 72.4 Å². The van der Waals surface area contributed by atoms with E-state index in [1.165, 1.54) is 44.1 Å². The summed E-state index contributed by atoms with van der Waals surface area (Å²) in [5.41, 5.74) is 8.82. The lowest BCUT2D eigenvalue weighted by molar-refractivity contribution is -0.777. The van der Waals surface area contributed by atoms with Gasteiger partial charge in [-0.1, -0.05) is 92.2 Å². The van der Waals surface area contributed by atoms with Gasteiger partial charge in [0.15, 0.2) is 5.71 Å². The molecule has 2 heterocycles. The van der Waals surface area contributed by atoms with E-state index in [0.29, 0.717) is 25.1 Å². The molecule has 0 unspecified atom stereocenters. The van der Waals surface area contributed by atoms with Crippen molar-refractivity contribution in [1.82, 2.24) is 0 Å². The van der Waals surface area contributed by atoms with E-state index in [1.54, 1.807) is 0 Å². The zero-order valence-electron chi connectivity index (χ0n) is 33.1. The summed E-state index contributed by atoms with van der Waals surface area (Å²) in [6.45, 7) is 10.5. The first kappa shape index (κ1) is 41.4. The van der Waals surface area contributed by atoms with Crippen LogP contribution in [-0.4, -0.2) is 47.9 Å². The highest BCUT2D eigenvalue weighted by molar-refractivity contribution is 7.94. The molecule has 0 aromatic heterocycles. The summed E-state index contributed by atoms with van der Waals surface area (Å²) in [5.74, 6) is 0.297. The molecule has 0 saturated heterocycles. The average Bonchev–Trinajstić information content (AvgIpc) is 3.54. The Labute approximate surface area is 346 Å². The van der Waals surface area contributed by atoms with Crippen LogP contribution in [0.2, 0.25) is 0 Å². The Morgan fingerprint density at radius 3 is 2.26 bits per heavy atom. The van der Waals surface area contributed by atoms with E-state index >= 15 is 0 Å². The minimum atomic E-state index is -4.27. The summed E-state index contributed by atoms with van der Waals surface area (Å²) in [5, 5.41) is 19.4. The standard InChI is InChI=1S/C46H51ClN2O6S2/c1-45(2)40(48(28-9-11-30-56-55-54-50)38-24-20-32-14-5-7-18-36(32)42(38)45)26-22-34-16-13-17-35(44(34)47)23-27-41-46(3,4)43-37-19-8-6-15-33(37)21-25-39(43)49(41)29-10-12-31-57(51,52)53/h5-8,14-15,18-27H,9-13,16-17,28-31H2,1-4H3,(H-,50,51,52,53)/p-1. The monoisotopic (exact) mass is 825 g/mol. The lowest BCUT2D eigenvalue weighted by Crippen LogP contribution is -2.28. The summed E-state index contributed by atoms with van der Waals surface area (Å²) in [6.07, 6.45) is 14.2. The van der Waals surface area contributed by atoms with Gasteiger partial charge in [-0.05, 0) is 109 Å². The van der Waals surface area contributed by atoms with Crippen LogP contribution in [0, 0.1) is 0 Å². The average molecular weight is 827 g/mol. The van der Waals surface area contributed by atoms with Crippen molar-refractivity contribution in [2.24, 2.45) is 0 Å². The van der Waals surface area contributed by atoms with Crippen LogP contribution in [0.15, 0.2) is 119 Å². The van der Waals surface area contributed by atoms with Crippen LogP contribution in [0.1, 0.15) is 83.8 Å². The first-order valence-corrected chi connectivity index (χ1v) is 22.7. The largest absolute Gasteiger partial charge is 0.748 e. The lowest BCUT2D eigenvalue weighted by Gasteiger charge is -2.27. The van der Waals surface area contributed by atoms with Gasteiger partial charge in [0.1, 0.15) is 6.54 Å². The van der Waals surface area contributed by atoms with Gasteiger partial charge in [0.05, 0.1) is 15.5 Å². The van der Waals surface area contributed by atoms with E-state index in [4.69, 9.17) is 11.6 Å². The third-order valence-electron chi connectivity index (χ3n) is 11.8. The van der Waals surface area contributed by atoms with E-state index in [0.717, 1.165) is 78.3 Å². The Kier molecular flexibility index (Phi) is 12.5. The van der Waals surface area contributed by atoms with Crippen LogP contribution in [0.4, 0.5) is 11.4 Å². The first-order chi connectivity index (χ1) is 27.3. The second-order valence-corrected chi connectivity index (χ2v) is 18.9. The molecule has 4 aromatic rings. The van der Waals surface area contributed by atoms with E-state index in [1.807, 2.05) is 0 Å². The number of halogens is 1. The number of allylic oxidation sites excluding steroid dienone is 8. The highest BCUT2D eigenvalue weighted by atomic mass is 35.5. The predicted molar refractivity (Wildman–Crippen MR) is 231 cm³/mol. The Hall–Kier alpha value is -3.74. The van der Waals surface area contributed by atoms with Crippen LogP contribution in [0.3, 0.4) is 0 Å². The molecule has 1 aliphatic carbocycles. The van der Waals surface area contributed by atoms with Crippen molar-refractivity contribution in [3.8, 4) is 0 Å². The van der Waals surface area contributed by atoms with Gasteiger partial charge in [0, 0.05) is 76.1 Å². The van der Waals surface area contributed by atoms with Gasteiger partial charge in [-0.25, -0.2) is 8.42 Å². The van der Waals surface area contributed by atoms with Gasteiger partial charge in [-0.2, -0.15) is 8.91 Å². The number of nitrogens with zero attached hydrogens (tertiary/aromatic N) is 2. The van der Waals surface area contributed by atoms with Crippen LogP contribution < -0.4 is 10.2 Å². The Morgan fingerprint density at radius 1 is 0.842 bits per heavy atom. The van der Waals surface area contributed by atoms with Crippen molar-refractivity contribution in [3.05, 3.63) is 130 Å². The molecule has 0 radical (unpaired) electrons. The van der Waals surface area contributed by atoms with Crippen LogP contribution in [0.25, 0.3) is 21.5 Å². The van der Waals surface area contributed by atoms with Crippen molar-refractivity contribution < 1.29 is 32.2 Å². The summed E-state index contributed by atoms with van der Waals surface area (Å²) in [6, 6.07) is 25.8. The third-order valence-corrected chi connectivity index (χ3v) is 13.7. The molecule has 8 nitrogen and oxygen atoms in total. The molecule has 57 heavy (non-hydrogen) atoms. The second-order valence-electron chi connectivity index (χ2n) is 16.2. The van der Waals surface area contributed by atoms with Crippen LogP contribution >= 0.6 is 23.6 Å². The summed E-state index contributed by atoms with van der Waals surface area (Å²) in [7, 11) is -4.27. The topological polar surface area (TPSA) is 105 Å². The van der Waals surface area contributed by atoms with Crippen molar-refractivity contribution in [3.63, 3.8) is 0 Å². The lowest BCUT2D eigenvalue weighted by atomic mass is 9.78. The number of unbranched alkanes of at least 4 members (excludes halogenated alkanes) is 2. The fraction of sp³-hybridized carbons (Fsp3) is 0.370. The number of benzene rings is 4. The molecule has 0 fully saturated rings. The van der Waals surface area contributed by atoms with Gasteiger partial charge in [0.2, 0.25) is 5.69 Å². The number of fused-ring (bicyclic) bond motifs is 6. The number of anilines is 1. The van der Waals surface area contributed by atoms with Crippen molar-refractivity contribution in [2.45, 2.75) is 83.5 Å². The molecule has 0 spiro atoms. The molecule has 3 aliphatic rings. The maximum Gasteiger partial charge on any atom is 0.210 e. The van der Waals surface area contributed by atoms with Gasteiger partial charge < -0.3 is 14.7 Å². The summed E-state index contributed by atoms with van der Waals surface area (Å²) in [4.78, 5) is 2.44. The zero-order valence-corrected chi connectivity index (χ0v) is 35.4. The van der Waals surface area contributed by atoms with Gasteiger partial charge >= 0.3 is 0 Å². The van der Waals surface area contributed by atoms with E-state index in [9.17, 15) is 18.2 Å². The summed E-state index contributed by atoms with van der Waals surface area (Å²) >= 11 is 8.35. The molecule has 0 bridgehead atoms. The third kappa shape index (κ3) is 8.55. The number of hydrogen-bond donors (Lipinski definition) is 0. The molecule has 0 atom stereocenters. The Balaban J connectivity index is 1.22. The normalized spacial score (nSPS) is 19.2. The quantitative estimate of drug-likeness (QED) is 0.0291. The smallest absolute Gasteiger partial charge is 0.210 e. The van der Waals surface area contributed by atoms with Crippen LogP contribution in [0.5, 0.6) is 0 Å². The fourth-order valence-corrected chi connectivity index (χ4v) is 10.5. The van der Waals surface area contributed by atoms with Crippen molar-refractivity contribution in [2.75, 3.05) is 29.5 Å². The molecular formula is C46H50ClN2O6S2-. The molecular weight excluding hydrogens is 776 g/mol. The second kappa shape index (κ2) is 17.2. The highest BCUT2D eigenvalue weighted by Crippen LogP contribution is 2.51. The SMILES string of the molecule is CC1(C)C(/C=C/C2=C(Cl)C(=C/C=C3/N(CCCCSOO[O-])c4ccc5ccccc5c4C3(C)C)/CCC2)=[N+](CCCCS(=O)(=O)[O-])c2ccc3ccccc3c21. The molecule has 4 aromatic carbocycles. The maximum absolute atomic E-state index is 11.4. The van der Waals surface area contributed by atoms with Gasteiger partial charge in [0.25, 0.3) is 0 Å². The molecule has 0 N–H and O–H groups in total. The summed E-state index contributed by atoms with van der Waals surface area (Å²) < 4.78 is 41.0. The maximum atomic E-state index is 11.4. The fourth-order valence-electron chi connectivity index (χ4n) is 9.15. The minimum absolute atomic E-state index is 0.264. The number of rotatable bonds is 15. The predicted octanol–water partition coefficient (Wildman–Crippen LogP) is 10.2. The van der Waals surface area contributed by atoms with Gasteiger partial charge in [-0.3, -0.25) is 5.04 Å².